The van der Waals surface area contributed by atoms with E-state index in [9.17, 15) is 13.2 Å². The molecule has 0 bridgehead atoms. The van der Waals surface area contributed by atoms with Crippen molar-refractivity contribution in [3.8, 4) is 0 Å². The van der Waals surface area contributed by atoms with Gasteiger partial charge in [-0.15, -0.1) is 0 Å². The van der Waals surface area contributed by atoms with Gasteiger partial charge in [0.25, 0.3) is 10.0 Å². The summed E-state index contributed by atoms with van der Waals surface area (Å²) in [4.78, 5) is 12.5. The number of carbonyl (C=O) groups excluding carboxylic acids is 1. The third-order valence-corrected chi connectivity index (χ3v) is 7.09. The molecular formula is C19H23N5O3S. The molecule has 2 aliphatic carbocycles. The molecule has 5 rings (SSSR count). The van der Waals surface area contributed by atoms with Gasteiger partial charge in [0.05, 0.1) is 12.2 Å². The van der Waals surface area contributed by atoms with Crippen LogP contribution in [0, 0.1) is 0 Å². The number of anilines is 1. The van der Waals surface area contributed by atoms with Crippen molar-refractivity contribution in [2.75, 3.05) is 11.9 Å². The van der Waals surface area contributed by atoms with Crippen LogP contribution >= 0.6 is 0 Å². The maximum atomic E-state index is 12.6. The zero-order valence-corrected chi connectivity index (χ0v) is 16.4. The highest BCUT2D eigenvalue weighted by molar-refractivity contribution is 7.90. The molecule has 3 N–H and O–H groups in total. The van der Waals surface area contributed by atoms with Gasteiger partial charge in [-0.1, -0.05) is 0 Å². The lowest BCUT2D eigenvalue weighted by atomic mass is 9.98. The quantitative estimate of drug-likeness (QED) is 0.722. The van der Waals surface area contributed by atoms with E-state index in [1.165, 1.54) is 22.8 Å². The highest BCUT2D eigenvalue weighted by Crippen LogP contribution is 2.38. The summed E-state index contributed by atoms with van der Waals surface area (Å²) >= 11 is 0. The minimum atomic E-state index is -4.02. The lowest BCUT2D eigenvalue weighted by Gasteiger charge is -2.15. The smallest absolute Gasteiger partial charge is 0.309 e. The number of fused-ring (bicyclic) bond motifs is 4. The average molecular weight is 401 g/mol. The second kappa shape index (κ2) is 6.59. The van der Waals surface area contributed by atoms with Crippen LogP contribution in [0.4, 0.5) is 10.5 Å². The summed E-state index contributed by atoms with van der Waals surface area (Å²) in [5.41, 5.74) is 6.80. The number of aromatic nitrogens is 2. The number of hydrogen-bond acceptors (Lipinski definition) is 5. The van der Waals surface area contributed by atoms with E-state index in [4.69, 9.17) is 0 Å². The Hall–Kier alpha value is -2.39. The number of aryl methyl sites for hydroxylation is 1. The number of urea groups is 1. The van der Waals surface area contributed by atoms with Crippen LogP contribution in [0.25, 0.3) is 0 Å². The van der Waals surface area contributed by atoms with Gasteiger partial charge in [0, 0.05) is 24.8 Å². The number of sulfonamides is 1. The summed E-state index contributed by atoms with van der Waals surface area (Å²) in [6.07, 6.45) is 6.32. The Bertz CT molecular complexity index is 1050. The molecule has 0 saturated heterocycles. The Morgan fingerprint density at radius 2 is 1.86 bits per heavy atom. The number of nitrogens with zero attached hydrogens (tertiary/aromatic N) is 2. The summed E-state index contributed by atoms with van der Waals surface area (Å²) in [7, 11) is -4.02. The number of nitrogens with one attached hydrogen (secondary N) is 3. The van der Waals surface area contributed by atoms with Gasteiger partial charge in [0.15, 0.2) is 5.03 Å². The SMILES string of the molecule is O=C(Nc1cc2c(c3c1CCC3)CCC2)NS(=O)(=O)c1cc2n(n1)CCNC2. The molecule has 0 spiro atoms. The van der Waals surface area contributed by atoms with Crippen molar-refractivity contribution in [1.29, 1.82) is 0 Å². The maximum Gasteiger partial charge on any atom is 0.333 e. The largest absolute Gasteiger partial charge is 0.333 e. The van der Waals surface area contributed by atoms with Gasteiger partial charge in [-0.25, -0.2) is 9.52 Å². The summed E-state index contributed by atoms with van der Waals surface area (Å²) in [5, 5.41) is 9.96. The minimum Gasteiger partial charge on any atom is -0.309 e. The van der Waals surface area contributed by atoms with Gasteiger partial charge in [0.2, 0.25) is 0 Å². The number of benzene rings is 1. The van der Waals surface area contributed by atoms with Crippen LogP contribution in [0.2, 0.25) is 0 Å². The molecule has 9 heteroatoms. The van der Waals surface area contributed by atoms with Crippen LogP contribution in [0.5, 0.6) is 0 Å². The van der Waals surface area contributed by atoms with E-state index >= 15 is 0 Å². The number of rotatable bonds is 3. The van der Waals surface area contributed by atoms with Crippen molar-refractivity contribution < 1.29 is 13.2 Å². The standard InChI is InChI=1S/C19H23N5O3S/c25-19(23-28(26,27)18-10-13-11-20-7-8-24(13)22-18)21-17-9-12-3-1-4-14(12)15-5-2-6-16(15)17/h9-10,20H,1-8,11H2,(H2,21,23,25). The molecule has 1 aromatic carbocycles. The third kappa shape index (κ3) is 2.98. The fraction of sp³-hybridized carbons (Fsp3) is 0.474. The average Bonchev–Trinajstić information content (AvgIpc) is 3.38. The van der Waals surface area contributed by atoms with Crippen LogP contribution in [0.3, 0.4) is 0 Å². The summed E-state index contributed by atoms with van der Waals surface area (Å²) in [6, 6.07) is 2.80. The van der Waals surface area contributed by atoms with E-state index in [0.717, 1.165) is 62.0 Å². The minimum absolute atomic E-state index is 0.125. The highest BCUT2D eigenvalue weighted by atomic mass is 32.2. The van der Waals surface area contributed by atoms with Crippen LogP contribution in [-0.2, 0) is 48.8 Å². The van der Waals surface area contributed by atoms with Gasteiger partial charge < -0.3 is 10.6 Å². The van der Waals surface area contributed by atoms with Crippen molar-refractivity contribution in [3.05, 3.63) is 40.1 Å². The monoisotopic (exact) mass is 401 g/mol. The van der Waals surface area contributed by atoms with Crippen LogP contribution in [0.15, 0.2) is 17.2 Å². The molecule has 0 fully saturated rings. The fourth-order valence-electron chi connectivity index (χ4n) is 4.64. The number of amides is 2. The molecule has 1 aliphatic heterocycles. The first-order chi connectivity index (χ1) is 13.5. The molecule has 28 heavy (non-hydrogen) atoms. The Labute approximate surface area is 163 Å². The molecular weight excluding hydrogens is 378 g/mol. The molecule has 2 heterocycles. The Morgan fingerprint density at radius 1 is 1.07 bits per heavy atom. The Balaban J connectivity index is 1.37. The molecule has 0 radical (unpaired) electrons. The van der Waals surface area contributed by atoms with E-state index in [1.54, 1.807) is 4.68 Å². The zero-order valence-electron chi connectivity index (χ0n) is 15.5. The van der Waals surface area contributed by atoms with E-state index in [-0.39, 0.29) is 5.03 Å². The highest BCUT2D eigenvalue weighted by Gasteiger charge is 2.27. The van der Waals surface area contributed by atoms with Gasteiger partial charge in [-0.3, -0.25) is 4.68 Å². The van der Waals surface area contributed by atoms with E-state index in [0.29, 0.717) is 13.1 Å². The van der Waals surface area contributed by atoms with Gasteiger partial charge >= 0.3 is 6.03 Å². The van der Waals surface area contributed by atoms with Gasteiger partial charge in [-0.2, -0.15) is 13.5 Å². The van der Waals surface area contributed by atoms with Crippen molar-refractivity contribution in [2.24, 2.45) is 0 Å². The maximum absolute atomic E-state index is 12.6. The molecule has 3 aliphatic rings. The zero-order chi connectivity index (χ0) is 19.3. The molecule has 0 atom stereocenters. The molecule has 0 unspecified atom stereocenters. The van der Waals surface area contributed by atoms with Crippen LogP contribution < -0.4 is 15.4 Å². The predicted molar refractivity (Wildman–Crippen MR) is 104 cm³/mol. The predicted octanol–water partition coefficient (Wildman–Crippen LogP) is 1.47. The Kier molecular flexibility index (Phi) is 4.17. The molecule has 8 nitrogen and oxygen atoms in total. The van der Waals surface area contributed by atoms with Crippen molar-refractivity contribution in [2.45, 2.75) is 56.6 Å². The molecule has 0 saturated carbocycles. The summed E-state index contributed by atoms with van der Waals surface area (Å²) in [5.74, 6) is 0. The van der Waals surface area contributed by atoms with Gasteiger partial charge in [0.1, 0.15) is 0 Å². The first kappa shape index (κ1) is 17.7. The second-order valence-electron chi connectivity index (χ2n) is 7.66. The van der Waals surface area contributed by atoms with Crippen molar-refractivity contribution in [3.63, 3.8) is 0 Å². The normalized spacial score (nSPS) is 17.7. The van der Waals surface area contributed by atoms with Crippen molar-refractivity contribution in [1.82, 2.24) is 19.8 Å². The Morgan fingerprint density at radius 3 is 2.71 bits per heavy atom. The lowest BCUT2D eigenvalue weighted by molar-refractivity contribution is 0.256. The number of carbonyl (C=O) groups is 1. The number of hydrogen-bond donors (Lipinski definition) is 3. The first-order valence-electron chi connectivity index (χ1n) is 9.79. The molecule has 2 aromatic rings. The molecule has 148 valence electrons. The summed E-state index contributed by atoms with van der Waals surface area (Å²) < 4.78 is 29.0. The topological polar surface area (TPSA) is 105 Å². The van der Waals surface area contributed by atoms with Crippen molar-refractivity contribution >= 4 is 21.7 Å². The van der Waals surface area contributed by atoms with E-state index < -0.39 is 16.1 Å². The van der Waals surface area contributed by atoms with Crippen LogP contribution in [-0.4, -0.2) is 30.8 Å². The first-order valence-corrected chi connectivity index (χ1v) is 11.3. The van der Waals surface area contributed by atoms with Gasteiger partial charge in [-0.05, 0) is 66.8 Å². The van der Waals surface area contributed by atoms with E-state index in [2.05, 4.69) is 20.5 Å². The summed E-state index contributed by atoms with van der Waals surface area (Å²) in [6.45, 7) is 1.92. The van der Waals surface area contributed by atoms with E-state index in [1.807, 2.05) is 6.07 Å². The second-order valence-corrected chi connectivity index (χ2v) is 9.29. The lowest BCUT2D eigenvalue weighted by Crippen LogP contribution is -2.35. The molecule has 2 amide bonds. The molecule has 1 aromatic heterocycles. The fourth-order valence-corrected chi connectivity index (χ4v) is 5.53. The van der Waals surface area contributed by atoms with Crippen LogP contribution in [0.1, 0.15) is 40.8 Å². The third-order valence-electron chi connectivity index (χ3n) is 5.88.